The lowest BCUT2D eigenvalue weighted by Crippen LogP contribution is -2.61. The van der Waals surface area contributed by atoms with Crippen molar-refractivity contribution in [1.29, 1.82) is 0 Å². The first-order chi connectivity index (χ1) is 12.9. The predicted molar refractivity (Wildman–Crippen MR) is 86.8 cm³/mol. The molecule has 3 rings (SSSR count). The average Bonchev–Trinajstić information content (AvgIpc) is 2.68. The zero-order valence-electron chi connectivity index (χ0n) is 14.6. The van der Waals surface area contributed by atoms with Crippen molar-refractivity contribution in [2.24, 2.45) is 0 Å². The molecule has 2 aliphatic rings. The largest absolute Gasteiger partial charge is 0.497 e. The lowest BCUT2D eigenvalue weighted by atomic mass is 9.99. The monoisotopic (exact) mass is 387 g/mol. The molecule has 1 aromatic carbocycles. The van der Waals surface area contributed by atoms with Crippen molar-refractivity contribution in [3.8, 4) is 11.5 Å². The highest BCUT2D eigenvalue weighted by Gasteiger charge is 2.47. The number of carbonyl (C=O) groups is 1. The van der Waals surface area contributed by atoms with Gasteiger partial charge in [0.15, 0.2) is 12.0 Å². The number of benzene rings is 1. The van der Waals surface area contributed by atoms with Crippen LogP contribution in [-0.2, 0) is 19.1 Å². The second-order valence-electron chi connectivity index (χ2n) is 5.93. The van der Waals surface area contributed by atoms with Gasteiger partial charge < -0.3 is 39.4 Å². The van der Waals surface area contributed by atoms with E-state index in [1.54, 1.807) is 12.1 Å². The number of anilines is 1. The molecule has 2 heterocycles. The van der Waals surface area contributed by atoms with Gasteiger partial charge in [-0.2, -0.15) is 5.06 Å². The van der Waals surface area contributed by atoms with Crippen molar-refractivity contribution in [2.75, 3.05) is 25.9 Å². The normalized spacial score (nSPS) is 33.4. The number of ether oxygens (including phenoxy) is 4. The summed E-state index contributed by atoms with van der Waals surface area (Å²) in [5.74, 6) is -0.0664. The van der Waals surface area contributed by atoms with Crippen molar-refractivity contribution in [2.45, 2.75) is 37.0 Å². The van der Waals surface area contributed by atoms with Crippen LogP contribution in [0.4, 0.5) is 5.69 Å². The van der Waals surface area contributed by atoms with Crippen LogP contribution < -0.4 is 14.5 Å². The van der Waals surface area contributed by atoms with E-state index in [-0.39, 0.29) is 5.75 Å². The van der Waals surface area contributed by atoms with Crippen LogP contribution in [0.1, 0.15) is 0 Å². The third kappa shape index (κ3) is 3.58. The molecule has 1 saturated heterocycles. The van der Waals surface area contributed by atoms with E-state index in [4.69, 9.17) is 23.8 Å². The Labute approximate surface area is 154 Å². The molecule has 0 radical (unpaired) electrons. The summed E-state index contributed by atoms with van der Waals surface area (Å²) in [5, 5.41) is 39.9. The summed E-state index contributed by atoms with van der Waals surface area (Å²) in [6.45, 7) is -0.630. The maximum atomic E-state index is 12.6. The van der Waals surface area contributed by atoms with Gasteiger partial charge in [0.2, 0.25) is 0 Å². The zero-order chi connectivity index (χ0) is 19.7. The summed E-state index contributed by atoms with van der Waals surface area (Å²) in [4.78, 5) is 17.7. The van der Waals surface area contributed by atoms with Crippen LogP contribution in [0.25, 0.3) is 0 Å². The summed E-state index contributed by atoms with van der Waals surface area (Å²) >= 11 is 0. The quantitative estimate of drug-likeness (QED) is 0.453. The van der Waals surface area contributed by atoms with Crippen molar-refractivity contribution >= 4 is 11.6 Å². The number of hydroxylamine groups is 1. The number of rotatable bonds is 5. The topological polar surface area (TPSA) is 147 Å². The number of aliphatic hydroxyl groups excluding tert-OH is 4. The molecule has 0 aromatic heterocycles. The van der Waals surface area contributed by atoms with Gasteiger partial charge in [-0.1, -0.05) is 0 Å². The molecule has 11 nitrogen and oxygen atoms in total. The first-order valence-corrected chi connectivity index (χ1v) is 8.10. The molecule has 0 aliphatic carbocycles. The summed E-state index contributed by atoms with van der Waals surface area (Å²) in [6.07, 6.45) is -9.18. The lowest BCUT2D eigenvalue weighted by molar-refractivity contribution is -0.323. The zero-order valence-corrected chi connectivity index (χ0v) is 14.6. The number of carbonyl (C=O) groups excluding carboxylic acids is 1. The molecule has 1 unspecified atom stereocenters. The fourth-order valence-corrected chi connectivity index (χ4v) is 2.84. The number of aliphatic hydroxyl groups is 4. The van der Waals surface area contributed by atoms with Crippen LogP contribution in [-0.4, -0.2) is 84.2 Å². The van der Waals surface area contributed by atoms with Gasteiger partial charge in [0, 0.05) is 6.07 Å². The molecule has 0 spiro atoms. The van der Waals surface area contributed by atoms with Gasteiger partial charge in [-0.3, -0.25) is 9.63 Å². The Balaban J connectivity index is 1.83. The SMILES string of the molecule is COc1ccc2c(c1)OC(O[C@@H]1O[C@H](CO)[C@@H](O)[C@H](O)[C@H]1O)C(=O)N2OC. The van der Waals surface area contributed by atoms with Crippen molar-refractivity contribution in [3.63, 3.8) is 0 Å². The van der Waals surface area contributed by atoms with Gasteiger partial charge in [-0.15, -0.1) is 0 Å². The second-order valence-corrected chi connectivity index (χ2v) is 5.93. The van der Waals surface area contributed by atoms with Crippen LogP contribution in [0, 0.1) is 0 Å². The van der Waals surface area contributed by atoms with Gasteiger partial charge in [0.05, 0.1) is 20.8 Å². The minimum atomic E-state index is -1.68. The number of methoxy groups -OCH3 is 1. The van der Waals surface area contributed by atoms with Crippen LogP contribution >= 0.6 is 0 Å². The third-order valence-corrected chi connectivity index (χ3v) is 4.31. The van der Waals surface area contributed by atoms with Crippen LogP contribution in [0.2, 0.25) is 0 Å². The van der Waals surface area contributed by atoms with E-state index < -0.39 is 49.5 Å². The predicted octanol–water partition coefficient (Wildman–Crippen LogP) is -1.88. The Kier molecular flexibility index (Phi) is 5.81. The van der Waals surface area contributed by atoms with E-state index in [2.05, 4.69) is 0 Å². The molecule has 0 bridgehead atoms. The standard InChI is InChI=1S/C16H21NO10/c1-23-7-3-4-8-9(5-7)25-16(14(22)17(8)24-2)27-15-13(21)12(20)11(19)10(6-18)26-15/h3-5,10-13,15-16,18-21H,6H2,1-2H3/t10-,11-,12+,13-,15+,16?/m1/s1. The molecular formula is C16H21NO10. The van der Waals surface area contributed by atoms with Gasteiger partial charge in [-0.25, -0.2) is 0 Å². The Hall–Kier alpha value is -1.99. The fraction of sp³-hybridized carbons (Fsp3) is 0.562. The fourth-order valence-electron chi connectivity index (χ4n) is 2.84. The number of fused-ring (bicyclic) bond motifs is 1. The Morgan fingerprint density at radius 2 is 1.89 bits per heavy atom. The molecule has 1 amide bonds. The number of hydrogen-bond donors (Lipinski definition) is 4. The molecule has 0 saturated carbocycles. The van der Waals surface area contributed by atoms with Gasteiger partial charge in [0.1, 0.15) is 35.9 Å². The Morgan fingerprint density at radius 3 is 2.52 bits per heavy atom. The molecule has 6 atom stereocenters. The molecule has 11 heteroatoms. The van der Waals surface area contributed by atoms with Crippen molar-refractivity contribution in [1.82, 2.24) is 0 Å². The minimum absolute atomic E-state index is 0.213. The summed E-state index contributed by atoms with van der Waals surface area (Å²) in [6, 6.07) is 4.68. The van der Waals surface area contributed by atoms with E-state index >= 15 is 0 Å². The number of nitrogens with zero attached hydrogens (tertiary/aromatic N) is 1. The van der Waals surface area contributed by atoms with Crippen LogP contribution in [0.15, 0.2) is 18.2 Å². The summed E-state index contributed by atoms with van der Waals surface area (Å²) in [5.41, 5.74) is 0.317. The molecule has 150 valence electrons. The molecule has 4 N–H and O–H groups in total. The second kappa shape index (κ2) is 7.94. The van der Waals surface area contributed by atoms with Crippen LogP contribution in [0.5, 0.6) is 11.5 Å². The highest BCUT2D eigenvalue weighted by Crippen LogP contribution is 2.38. The van der Waals surface area contributed by atoms with Gasteiger partial charge in [-0.05, 0) is 12.1 Å². The Morgan fingerprint density at radius 1 is 1.15 bits per heavy atom. The number of hydrogen-bond acceptors (Lipinski definition) is 10. The van der Waals surface area contributed by atoms with E-state index in [0.29, 0.717) is 11.4 Å². The third-order valence-electron chi connectivity index (χ3n) is 4.31. The van der Waals surface area contributed by atoms with E-state index in [9.17, 15) is 25.2 Å². The van der Waals surface area contributed by atoms with Gasteiger partial charge >= 0.3 is 5.91 Å². The average molecular weight is 387 g/mol. The smallest absolute Gasteiger partial charge is 0.320 e. The van der Waals surface area contributed by atoms with E-state index in [1.807, 2.05) is 0 Å². The minimum Gasteiger partial charge on any atom is -0.497 e. The highest BCUT2D eigenvalue weighted by atomic mass is 16.8. The van der Waals surface area contributed by atoms with Crippen molar-refractivity contribution < 1.29 is 49.0 Å². The molecular weight excluding hydrogens is 366 g/mol. The maximum Gasteiger partial charge on any atom is 0.320 e. The highest BCUT2D eigenvalue weighted by molar-refractivity contribution is 5.97. The first-order valence-electron chi connectivity index (χ1n) is 8.10. The first kappa shape index (κ1) is 19.8. The lowest BCUT2D eigenvalue weighted by Gasteiger charge is -2.41. The van der Waals surface area contributed by atoms with Gasteiger partial charge in [0.25, 0.3) is 6.29 Å². The molecule has 27 heavy (non-hydrogen) atoms. The summed E-state index contributed by atoms with van der Waals surface area (Å²) in [7, 11) is 2.74. The summed E-state index contributed by atoms with van der Waals surface area (Å²) < 4.78 is 21.3. The molecule has 1 fully saturated rings. The van der Waals surface area contributed by atoms with Crippen molar-refractivity contribution in [3.05, 3.63) is 18.2 Å². The molecule has 2 aliphatic heterocycles. The number of amides is 1. The van der Waals surface area contributed by atoms with E-state index in [1.165, 1.54) is 20.3 Å². The Bertz CT molecular complexity index is 683. The molecule has 1 aromatic rings. The van der Waals surface area contributed by atoms with Crippen LogP contribution in [0.3, 0.4) is 0 Å². The van der Waals surface area contributed by atoms with E-state index in [0.717, 1.165) is 5.06 Å². The maximum absolute atomic E-state index is 12.6.